The van der Waals surface area contributed by atoms with E-state index in [0.717, 1.165) is 0 Å². The molecule has 1 amide bonds. The highest BCUT2D eigenvalue weighted by Gasteiger charge is 2.21. The highest BCUT2D eigenvalue weighted by Crippen LogP contribution is 2.04. The van der Waals surface area contributed by atoms with Crippen molar-refractivity contribution in [1.29, 1.82) is 0 Å². The summed E-state index contributed by atoms with van der Waals surface area (Å²) in [6, 6.07) is 3.43. The monoisotopic (exact) mass is 235 g/mol. The van der Waals surface area contributed by atoms with Gasteiger partial charge in [0.1, 0.15) is 5.76 Å². The van der Waals surface area contributed by atoms with Crippen LogP contribution in [0.5, 0.6) is 0 Å². The molecule has 0 bridgehead atoms. The van der Waals surface area contributed by atoms with Crippen LogP contribution in [0, 0.1) is 0 Å². The SMILES string of the molecule is O=C(/C=C/c1ccco1)C(=O)N1CCOCC1. The van der Waals surface area contributed by atoms with Crippen LogP contribution in [0.1, 0.15) is 5.76 Å². The first-order valence-corrected chi connectivity index (χ1v) is 5.40. The van der Waals surface area contributed by atoms with Crippen LogP contribution in [0.25, 0.3) is 6.08 Å². The minimum absolute atomic E-state index is 0.471. The highest BCUT2D eigenvalue weighted by molar-refractivity contribution is 6.41. The zero-order chi connectivity index (χ0) is 12.1. The van der Waals surface area contributed by atoms with Crippen molar-refractivity contribution in [3.8, 4) is 0 Å². The average Bonchev–Trinajstić information content (AvgIpc) is 2.89. The maximum atomic E-state index is 11.7. The van der Waals surface area contributed by atoms with Crippen LogP contribution in [0.15, 0.2) is 28.9 Å². The summed E-state index contributed by atoms with van der Waals surface area (Å²) in [6.07, 6.45) is 4.23. The Hall–Kier alpha value is -1.88. The summed E-state index contributed by atoms with van der Waals surface area (Å²) in [5.41, 5.74) is 0. The normalized spacial score (nSPS) is 16.4. The number of hydrogen-bond acceptors (Lipinski definition) is 4. The van der Waals surface area contributed by atoms with E-state index in [1.165, 1.54) is 23.3 Å². The second kappa shape index (κ2) is 5.45. The molecule has 17 heavy (non-hydrogen) atoms. The molecule has 0 aliphatic carbocycles. The topological polar surface area (TPSA) is 59.8 Å². The van der Waals surface area contributed by atoms with Gasteiger partial charge in [0, 0.05) is 13.1 Å². The fourth-order valence-electron chi connectivity index (χ4n) is 1.54. The van der Waals surface area contributed by atoms with Gasteiger partial charge in [0.25, 0.3) is 5.91 Å². The van der Waals surface area contributed by atoms with Crippen molar-refractivity contribution in [2.45, 2.75) is 0 Å². The Labute approximate surface area is 98.6 Å². The molecule has 1 saturated heterocycles. The number of amides is 1. The predicted octanol–water partition coefficient (Wildman–Crippen LogP) is 0.721. The van der Waals surface area contributed by atoms with Crippen LogP contribution >= 0.6 is 0 Å². The maximum Gasteiger partial charge on any atom is 0.294 e. The number of rotatable bonds is 3. The van der Waals surface area contributed by atoms with Crippen molar-refractivity contribution < 1.29 is 18.7 Å². The molecule has 0 radical (unpaired) electrons. The minimum Gasteiger partial charge on any atom is -0.465 e. The molecule has 1 aromatic rings. The van der Waals surface area contributed by atoms with E-state index in [2.05, 4.69) is 0 Å². The van der Waals surface area contributed by atoms with Crippen molar-refractivity contribution in [1.82, 2.24) is 4.90 Å². The third kappa shape index (κ3) is 3.04. The highest BCUT2D eigenvalue weighted by atomic mass is 16.5. The van der Waals surface area contributed by atoms with Gasteiger partial charge in [0.05, 0.1) is 19.5 Å². The second-order valence-corrected chi connectivity index (χ2v) is 3.62. The first-order chi connectivity index (χ1) is 8.27. The van der Waals surface area contributed by atoms with Gasteiger partial charge in [-0.2, -0.15) is 0 Å². The first-order valence-electron chi connectivity index (χ1n) is 5.40. The number of hydrogen-bond donors (Lipinski definition) is 0. The lowest BCUT2D eigenvalue weighted by Crippen LogP contribution is -2.43. The minimum atomic E-state index is -0.539. The molecule has 1 fully saturated rings. The Bertz CT molecular complexity index is 416. The summed E-state index contributed by atoms with van der Waals surface area (Å²) in [4.78, 5) is 24.8. The van der Waals surface area contributed by atoms with Gasteiger partial charge in [-0.05, 0) is 24.3 Å². The molecule has 2 heterocycles. The molecule has 1 aromatic heterocycles. The van der Waals surface area contributed by atoms with Gasteiger partial charge in [0.2, 0.25) is 5.78 Å². The Morgan fingerprint density at radius 1 is 1.29 bits per heavy atom. The van der Waals surface area contributed by atoms with Crippen LogP contribution in [-0.4, -0.2) is 42.9 Å². The molecule has 2 rings (SSSR count). The largest absolute Gasteiger partial charge is 0.465 e. The molecule has 5 nitrogen and oxygen atoms in total. The number of morpholine rings is 1. The van der Waals surface area contributed by atoms with Crippen LogP contribution < -0.4 is 0 Å². The molecule has 0 atom stereocenters. The Morgan fingerprint density at radius 2 is 2.06 bits per heavy atom. The van der Waals surface area contributed by atoms with E-state index in [4.69, 9.17) is 9.15 Å². The Morgan fingerprint density at radius 3 is 2.71 bits per heavy atom. The zero-order valence-electron chi connectivity index (χ0n) is 9.30. The van der Waals surface area contributed by atoms with Crippen molar-refractivity contribution >= 4 is 17.8 Å². The molecule has 5 heteroatoms. The Balaban J connectivity index is 1.93. The Kier molecular flexibility index (Phi) is 3.72. The number of carbonyl (C=O) groups is 2. The van der Waals surface area contributed by atoms with E-state index < -0.39 is 11.7 Å². The van der Waals surface area contributed by atoms with Gasteiger partial charge in [-0.25, -0.2) is 0 Å². The quantitative estimate of drug-likeness (QED) is 0.572. The fraction of sp³-hybridized carbons (Fsp3) is 0.333. The van der Waals surface area contributed by atoms with E-state index in [-0.39, 0.29) is 0 Å². The number of carbonyl (C=O) groups excluding carboxylic acids is 2. The van der Waals surface area contributed by atoms with Crippen LogP contribution in [0.4, 0.5) is 0 Å². The van der Waals surface area contributed by atoms with E-state index in [1.807, 2.05) is 0 Å². The summed E-state index contributed by atoms with van der Waals surface area (Å²) in [5, 5.41) is 0. The summed E-state index contributed by atoms with van der Waals surface area (Å²) in [6.45, 7) is 1.92. The van der Waals surface area contributed by atoms with Crippen molar-refractivity contribution in [3.05, 3.63) is 30.2 Å². The van der Waals surface area contributed by atoms with E-state index >= 15 is 0 Å². The van der Waals surface area contributed by atoms with Crippen molar-refractivity contribution in [2.24, 2.45) is 0 Å². The van der Waals surface area contributed by atoms with Gasteiger partial charge in [-0.1, -0.05) is 0 Å². The summed E-state index contributed by atoms with van der Waals surface area (Å²) >= 11 is 0. The maximum absolute atomic E-state index is 11.7. The smallest absolute Gasteiger partial charge is 0.294 e. The molecular weight excluding hydrogens is 222 g/mol. The molecule has 1 aliphatic heterocycles. The van der Waals surface area contributed by atoms with Crippen LogP contribution in [-0.2, 0) is 14.3 Å². The first kappa shape index (κ1) is 11.6. The second-order valence-electron chi connectivity index (χ2n) is 3.62. The van der Waals surface area contributed by atoms with E-state index in [1.54, 1.807) is 12.1 Å². The fourth-order valence-corrected chi connectivity index (χ4v) is 1.54. The summed E-state index contributed by atoms with van der Waals surface area (Å²) < 4.78 is 10.1. The number of furan rings is 1. The zero-order valence-corrected chi connectivity index (χ0v) is 9.30. The van der Waals surface area contributed by atoms with Crippen molar-refractivity contribution in [2.75, 3.05) is 26.3 Å². The molecule has 0 spiro atoms. The predicted molar refractivity (Wildman–Crippen MR) is 60.1 cm³/mol. The average molecular weight is 235 g/mol. The molecule has 90 valence electrons. The van der Waals surface area contributed by atoms with Gasteiger partial charge in [-0.15, -0.1) is 0 Å². The standard InChI is InChI=1S/C12H13NO4/c14-11(4-3-10-2-1-7-17-10)12(15)13-5-8-16-9-6-13/h1-4,7H,5-6,8-9H2/b4-3+. The lowest BCUT2D eigenvalue weighted by Gasteiger charge is -2.25. The molecule has 0 saturated carbocycles. The van der Waals surface area contributed by atoms with Gasteiger partial charge >= 0.3 is 0 Å². The molecule has 0 unspecified atom stereocenters. The van der Waals surface area contributed by atoms with Crippen LogP contribution in [0.2, 0.25) is 0 Å². The molecular formula is C12H13NO4. The number of nitrogens with zero attached hydrogens (tertiary/aromatic N) is 1. The summed E-state index contributed by atoms with van der Waals surface area (Å²) in [7, 11) is 0. The number of ether oxygens (including phenoxy) is 1. The molecule has 1 aliphatic rings. The molecule has 0 aromatic carbocycles. The van der Waals surface area contributed by atoms with Crippen molar-refractivity contribution in [3.63, 3.8) is 0 Å². The third-order valence-electron chi connectivity index (χ3n) is 2.45. The lowest BCUT2D eigenvalue weighted by molar-refractivity contribution is -0.145. The van der Waals surface area contributed by atoms with Gasteiger partial charge in [0.15, 0.2) is 0 Å². The van der Waals surface area contributed by atoms with E-state index in [9.17, 15) is 9.59 Å². The lowest BCUT2D eigenvalue weighted by atomic mass is 10.2. The third-order valence-corrected chi connectivity index (χ3v) is 2.45. The number of ketones is 1. The van der Waals surface area contributed by atoms with E-state index in [0.29, 0.717) is 32.1 Å². The van der Waals surface area contributed by atoms with Gasteiger partial charge in [-0.3, -0.25) is 9.59 Å². The van der Waals surface area contributed by atoms with Crippen LogP contribution in [0.3, 0.4) is 0 Å². The van der Waals surface area contributed by atoms with Gasteiger partial charge < -0.3 is 14.1 Å². The molecule has 0 N–H and O–H groups in total. The summed E-state index contributed by atoms with van der Waals surface area (Å²) in [5.74, 6) is -0.479.